The first-order valence-corrected chi connectivity index (χ1v) is 14.5. The SMILES string of the molecule is CCC(O)COCCC[Si](C)(C)CC[Si](C)(C)C. The van der Waals surface area contributed by atoms with E-state index in [1.54, 1.807) is 0 Å². The fraction of sp³-hybridized carbons (Fsp3) is 1.00. The van der Waals surface area contributed by atoms with Gasteiger partial charge in [-0.3, -0.25) is 0 Å². The van der Waals surface area contributed by atoms with E-state index in [2.05, 4.69) is 32.7 Å². The number of hydrogen-bond donors (Lipinski definition) is 1. The minimum Gasteiger partial charge on any atom is -0.391 e. The standard InChI is InChI=1S/C14H34O2Si2/c1-7-14(15)13-16-9-8-10-18(5,6)12-11-17(2,3)4/h14-15H,7-13H2,1-6H3. The molecule has 0 aliphatic heterocycles. The van der Waals surface area contributed by atoms with Crippen molar-refractivity contribution in [3.63, 3.8) is 0 Å². The van der Waals surface area contributed by atoms with Crippen LogP contribution in [0.3, 0.4) is 0 Å². The second-order valence-corrected chi connectivity index (χ2v) is 18.4. The normalized spacial score (nSPS) is 14.8. The molecule has 0 aromatic rings. The number of rotatable bonds is 10. The van der Waals surface area contributed by atoms with Gasteiger partial charge in [0.1, 0.15) is 0 Å². The molecule has 0 saturated carbocycles. The lowest BCUT2D eigenvalue weighted by Crippen LogP contribution is -2.30. The second-order valence-electron chi connectivity index (χ2n) is 7.47. The molecule has 1 N–H and O–H groups in total. The quantitative estimate of drug-likeness (QED) is 0.482. The van der Waals surface area contributed by atoms with E-state index in [1.165, 1.54) is 24.6 Å². The van der Waals surface area contributed by atoms with Crippen molar-refractivity contribution in [2.24, 2.45) is 0 Å². The summed E-state index contributed by atoms with van der Waals surface area (Å²) in [5.41, 5.74) is 0. The molecule has 2 nitrogen and oxygen atoms in total. The topological polar surface area (TPSA) is 29.5 Å². The van der Waals surface area contributed by atoms with Crippen LogP contribution in [-0.4, -0.2) is 40.6 Å². The Labute approximate surface area is 116 Å². The summed E-state index contributed by atoms with van der Waals surface area (Å²) in [5, 5.41) is 9.38. The average Bonchev–Trinajstić information content (AvgIpc) is 2.25. The van der Waals surface area contributed by atoms with Crippen LogP contribution < -0.4 is 0 Å². The van der Waals surface area contributed by atoms with Gasteiger partial charge in [0.05, 0.1) is 12.7 Å². The van der Waals surface area contributed by atoms with Crippen LogP contribution in [0.4, 0.5) is 0 Å². The molecule has 0 heterocycles. The van der Waals surface area contributed by atoms with Gasteiger partial charge >= 0.3 is 0 Å². The molecule has 0 bridgehead atoms. The molecule has 1 atom stereocenters. The number of hydrogen-bond acceptors (Lipinski definition) is 2. The minimum absolute atomic E-state index is 0.276. The highest BCUT2D eigenvalue weighted by molar-refractivity contribution is 6.82. The molecular weight excluding hydrogens is 256 g/mol. The third-order valence-electron chi connectivity index (χ3n) is 3.48. The fourth-order valence-corrected chi connectivity index (χ4v) is 8.89. The van der Waals surface area contributed by atoms with Crippen molar-refractivity contribution >= 4 is 16.1 Å². The highest BCUT2D eigenvalue weighted by Crippen LogP contribution is 2.24. The molecule has 0 rings (SSSR count). The Balaban J connectivity index is 3.64. The van der Waals surface area contributed by atoms with Crippen molar-refractivity contribution in [3.05, 3.63) is 0 Å². The van der Waals surface area contributed by atoms with Gasteiger partial charge in [0.15, 0.2) is 0 Å². The van der Waals surface area contributed by atoms with Crippen LogP contribution >= 0.6 is 0 Å². The summed E-state index contributed by atoms with van der Waals surface area (Å²) >= 11 is 0. The Kier molecular flexibility index (Phi) is 8.68. The van der Waals surface area contributed by atoms with Gasteiger partial charge in [0.2, 0.25) is 0 Å². The number of aliphatic hydroxyl groups is 1. The maximum atomic E-state index is 9.38. The van der Waals surface area contributed by atoms with Crippen LogP contribution in [0.2, 0.25) is 50.9 Å². The maximum absolute atomic E-state index is 9.38. The Hall–Kier alpha value is 0.354. The smallest absolute Gasteiger partial charge is 0.0771 e. The molecule has 0 fully saturated rings. The number of ether oxygens (including phenoxy) is 1. The molecule has 18 heavy (non-hydrogen) atoms. The molecule has 0 spiro atoms. The van der Waals surface area contributed by atoms with Crippen molar-refractivity contribution in [1.29, 1.82) is 0 Å². The summed E-state index contributed by atoms with van der Waals surface area (Å²) in [6.45, 7) is 15.7. The van der Waals surface area contributed by atoms with Crippen molar-refractivity contribution in [2.75, 3.05) is 13.2 Å². The molecular formula is C14H34O2Si2. The summed E-state index contributed by atoms with van der Waals surface area (Å²) in [4.78, 5) is 0. The van der Waals surface area contributed by atoms with Crippen LogP contribution in [0, 0.1) is 0 Å². The van der Waals surface area contributed by atoms with Crippen LogP contribution in [0.15, 0.2) is 0 Å². The van der Waals surface area contributed by atoms with Crippen molar-refractivity contribution < 1.29 is 9.84 Å². The largest absolute Gasteiger partial charge is 0.391 e. The van der Waals surface area contributed by atoms with Crippen molar-refractivity contribution in [3.8, 4) is 0 Å². The summed E-state index contributed by atoms with van der Waals surface area (Å²) in [6.07, 6.45) is 1.68. The van der Waals surface area contributed by atoms with Crippen molar-refractivity contribution in [2.45, 2.75) is 76.7 Å². The van der Waals surface area contributed by atoms with Crippen LogP contribution in [-0.2, 0) is 4.74 Å². The molecule has 4 heteroatoms. The van der Waals surface area contributed by atoms with Gasteiger partial charge in [0, 0.05) is 22.8 Å². The van der Waals surface area contributed by atoms with E-state index in [1.807, 2.05) is 6.92 Å². The first-order valence-electron chi connectivity index (χ1n) is 7.42. The molecule has 0 aromatic carbocycles. The van der Waals surface area contributed by atoms with E-state index < -0.39 is 16.1 Å². The lowest BCUT2D eigenvalue weighted by molar-refractivity contribution is 0.0353. The minimum atomic E-state index is -1.01. The summed E-state index contributed by atoms with van der Waals surface area (Å²) in [6, 6.07) is 4.31. The predicted molar refractivity (Wildman–Crippen MR) is 87.0 cm³/mol. The fourth-order valence-electron chi connectivity index (χ4n) is 1.83. The third-order valence-corrected chi connectivity index (χ3v) is 9.04. The molecule has 1 unspecified atom stereocenters. The monoisotopic (exact) mass is 290 g/mol. The second kappa shape index (κ2) is 8.51. The summed E-state index contributed by atoms with van der Waals surface area (Å²) in [5.74, 6) is 0. The molecule has 0 aliphatic rings. The molecule has 0 radical (unpaired) electrons. The number of aliphatic hydroxyl groups excluding tert-OH is 1. The van der Waals surface area contributed by atoms with Gasteiger partial charge < -0.3 is 9.84 Å². The Morgan fingerprint density at radius 1 is 1.00 bits per heavy atom. The van der Waals surface area contributed by atoms with Crippen LogP contribution in [0.1, 0.15) is 19.8 Å². The van der Waals surface area contributed by atoms with Gasteiger partial charge in [-0.15, -0.1) is 0 Å². The summed E-state index contributed by atoms with van der Waals surface area (Å²) < 4.78 is 5.51. The first kappa shape index (κ1) is 18.4. The Bertz CT molecular complexity index is 212. The zero-order valence-corrected chi connectivity index (χ0v) is 15.4. The van der Waals surface area contributed by atoms with Gasteiger partial charge in [-0.2, -0.15) is 0 Å². The Morgan fingerprint density at radius 3 is 2.11 bits per heavy atom. The molecule has 0 aromatic heterocycles. The Morgan fingerprint density at radius 2 is 1.61 bits per heavy atom. The molecule has 0 amide bonds. The van der Waals surface area contributed by atoms with Gasteiger partial charge in [-0.25, -0.2) is 0 Å². The van der Waals surface area contributed by atoms with E-state index in [4.69, 9.17) is 4.74 Å². The van der Waals surface area contributed by atoms with E-state index >= 15 is 0 Å². The van der Waals surface area contributed by atoms with Gasteiger partial charge in [-0.1, -0.05) is 57.8 Å². The highest BCUT2D eigenvalue weighted by Gasteiger charge is 2.23. The van der Waals surface area contributed by atoms with Gasteiger partial charge in [-0.05, 0) is 12.8 Å². The molecule has 0 aliphatic carbocycles. The highest BCUT2D eigenvalue weighted by atomic mass is 28.3. The molecule has 110 valence electrons. The zero-order valence-electron chi connectivity index (χ0n) is 13.4. The van der Waals surface area contributed by atoms with Crippen LogP contribution in [0.5, 0.6) is 0 Å². The zero-order chi connectivity index (χ0) is 14.2. The average molecular weight is 291 g/mol. The van der Waals surface area contributed by atoms with E-state index in [0.29, 0.717) is 6.61 Å². The van der Waals surface area contributed by atoms with Gasteiger partial charge in [0.25, 0.3) is 0 Å². The lowest BCUT2D eigenvalue weighted by atomic mass is 10.3. The van der Waals surface area contributed by atoms with E-state index in [-0.39, 0.29) is 6.10 Å². The first-order chi connectivity index (χ1) is 8.16. The maximum Gasteiger partial charge on any atom is 0.0771 e. The van der Waals surface area contributed by atoms with Crippen LogP contribution in [0.25, 0.3) is 0 Å². The lowest BCUT2D eigenvalue weighted by Gasteiger charge is -2.26. The van der Waals surface area contributed by atoms with Crippen molar-refractivity contribution in [1.82, 2.24) is 0 Å². The van der Waals surface area contributed by atoms with E-state index in [0.717, 1.165) is 13.0 Å². The molecule has 0 saturated heterocycles. The third kappa shape index (κ3) is 11.4. The summed E-state index contributed by atoms with van der Waals surface area (Å²) in [7, 11) is -1.88. The predicted octanol–water partition coefficient (Wildman–Crippen LogP) is 4.21. The van der Waals surface area contributed by atoms with E-state index in [9.17, 15) is 5.11 Å².